The van der Waals surface area contributed by atoms with Gasteiger partial charge in [0, 0.05) is 15.5 Å². The highest BCUT2D eigenvalue weighted by Crippen LogP contribution is 2.28. The topological polar surface area (TPSA) is 62.7 Å². The molecule has 0 fully saturated rings. The van der Waals surface area contributed by atoms with Gasteiger partial charge in [0.25, 0.3) is 0 Å². The van der Waals surface area contributed by atoms with Gasteiger partial charge in [0.05, 0.1) is 18.1 Å². The Hall–Kier alpha value is -1.93. The SMILES string of the molecule is Clc1cnc2nc1Nc1ccc(I)c(c1)CCc1cncc(c1)N2. The zero-order valence-electron chi connectivity index (χ0n) is 12.6. The van der Waals surface area contributed by atoms with E-state index in [-0.39, 0.29) is 0 Å². The van der Waals surface area contributed by atoms with Crippen LogP contribution in [0.5, 0.6) is 0 Å². The van der Waals surface area contributed by atoms with Gasteiger partial charge in [-0.05, 0) is 70.8 Å². The average Bonchev–Trinajstić information content (AvgIpc) is 2.58. The summed E-state index contributed by atoms with van der Waals surface area (Å²) in [5, 5.41) is 6.94. The Morgan fingerprint density at radius 3 is 2.83 bits per heavy atom. The molecule has 3 heterocycles. The third-order valence-electron chi connectivity index (χ3n) is 3.79. The average molecular weight is 450 g/mol. The van der Waals surface area contributed by atoms with E-state index < -0.39 is 0 Å². The van der Waals surface area contributed by atoms with Gasteiger partial charge < -0.3 is 10.6 Å². The maximum Gasteiger partial charge on any atom is 0.229 e. The molecule has 24 heavy (non-hydrogen) atoms. The van der Waals surface area contributed by atoms with Crippen molar-refractivity contribution in [2.45, 2.75) is 12.8 Å². The second-order valence-electron chi connectivity index (χ2n) is 5.53. The predicted molar refractivity (Wildman–Crippen MR) is 104 cm³/mol. The van der Waals surface area contributed by atoms with Gasteiger partial charge >= 0.3 is 0 Å². The van der Waals surface area contributed by atoms with Crippen LogP contribution < -0.4 is 10.6 Å². The molecule has 4 rings (SSSR count). The van der Waals surface area contributed by atoms with E-state index in [1.807, 2.05) is 12.3 Å². The molecule has 0 saturated heterocycles. The molecule has 120 valence electrons. The summed E-state index contributed by atoms with van der Waals surface area (Å²) >= 11 is 8.60. The molecular weight excluding hydrogens is 437 g/mol. The number of nitrogens with zero attached hydrogens (tertiary/aromatic N) is 3. The first-order valence-electron chi connectivity index (χ1n) is 7.46. The Morgan fingerprint density at radius 2 is 1.92 bits per heavy atom. The number of hydrogen-bond acceptors (Lipinski definition) is 5. The number of pyridine rings is 1. The summed E-state index contributed by atoms with van der Waals surface area (Å²) in [6.45, 7) is 0. The minimum atomic E-state index is 0.474. The second kappa shape index (κ2) is 6.52. The fraction of sp³-hybridized carbons (Fsp3) is 0.118. The lowest BCUT2D eigenvalue weighted by molar-refractivity contribution is 0.945. The van der Waals surface area contributed by atoms with Gasteiger partial charge in [0.1, 0.15) is 5.02 Å². The Morgan fingerprint density at radius 1 is 1.00 bits per heavy atom. The maximum absolute atomic E-state index is 6.24. The molecule has 7 heteroatoms. The summed E-state index contributed by atoms with van der Waals surface area (Å²) in [5.41, 5.74) is 4.27. The molecule has 0 spiro atoms. The highest BCUT2D eigenvalue weighted by Gasteiger charge is 2.10. The van der Waals surface area contributed by atoms with E-state index in [1.165, 1.54) is 14.7 Å². The molecule has 1 aromatic carbocycles. The smallest absolute Gasteiger partial charge is 0.229 e. The van der Waals surface area contributed by atoms with Crippen LogP contribution in [0.25, 0.3) is 0 Å². The monoisotopic (exact) mass is 449 g/mol. The third-order valence-corrected chi connectivity index (χ3v) is 5.12. The molecule has 0 amide bonds. The van der Waals surface area contributed by atoms with Crippen molar-refractivity contribution in [2.24, 2.45) is 0 Å². The number of nitrogens with one attached hydrogen (secondary N) is 2. The first-order chi connectivity index (χ1) is 11.7. The van der Waals surface area contributed by atoms with Crippen LogP contribution in [0.1, 0.15) is 11.1 Å². The van der Waals surface area contributed by atoms with Gasteiger partial charge in [-0.25, -0.2) is 4.98 Å². The third kappa shape index (κ3) is 3.29. The summed E-state index contributed by atoms with van der Waals surface area (Å²) in [7, 11) is 0. The van der Waals surface area contributed by atoms with Gasteiger partial charge in [-0.3, -0.25) is 4.98 Å². The van der Waals surface area contributed by atoms with Crippen molar-refractivity contribution in [1.82, 2.24) is 15.0 Å². The molecule has 2 N–H and O–H groups in total. The Balaban J connectivity index is 1.84. The standard InChI is InChI=1S/C17H13ClIN5/c18-14-9-21-17-23-13-5-10(7-20-8-13)1-2-11-6-12(3-4-15(11)19)22-16(14)24-17/h3-9H,1-2H2,(H2,21,22,23,24). The normalized spacial score (nSPS) is 12.9. The molecule has 0 aliphatic carbocycles. The number of aryl methyl sites for hydroxylation is 2. The minimum Gasteiger partial charge on any atom is -0.339 e. The van der Waals surface area contributed by atoms with Gasteiger partial charge in [0.15, 0.2) is 5.82 Å². The van der Waals surface area contributed by atoms with E-state index in [9.17, 15) is 0 Å². The van der Waals surface area contributed by atoms with Gasteiger partial charge in [-0.2, -0.15) is 4.98 Å². The van der Waals surface area contributed by atoms with Crippen LogP contribution in [0.4, 0.5) is 23.1 Å². The van der Waals surface area contributed by atoms with Crippen molar-refractivity contribution < 1.29 is 0 Å². The first-order valence-corrected chi connectivity index (χ1v) is 8.92. The number of rotatable bonds is 0. The number of benzene rings is 1. The van der Waals surface area contributed by atoms with Crippen LogP contribution in [0, 0.1) is 3.57 Å². The van der Waals surface area contributed by atoms with Crippen LogP contribution in [0.15, 0.2) is 42.9 Å². The fourth-order valence-corrected chi connectivity index (χ4v) is 3.34. The predicted octanol–water partition coefficient (Wildman–Crippen LogP) is 4.72. The van der Waals surface area contributed by atoms with Crippen molar-refractivity contribution in [3.63, 3.8) is 0 Å². The molecule has 0 saturated carbocycles. The molecule has 0 atom stereocenters. The fourth-order valence-electron chi connectivity index (χ4n) is 2.60. The lowest BCUT2D eigenvalue weighted by Gasteiger charge is -2.11. The molecule has 1 aliphatic heterocycles. The van der Waals surface area contributed by atoms with Crippen LogP contribution in [0.3, 0.4) is 0 Å². The van der Waals surface area contributed by atoms with E-state index in [0.717, 1.165) is 24.2 Å². The molecule has 1 aliphatic rings. The number of aromatic nitrogens is 3. The van der Waals surface area contributed by atoms with Gasteiger partial charge in [-0.1, -0.05) is 11.6 Å². The van der Waals surface area contributed by atoms with Crippen molar-refractivity contribution >= 4 is 57.3 Å². The molecule has 0 radical (unpaired) electrons. The largest absolute Gasteiger partial charge is 0.339 e. The van der Waals surface area contributed by atoms with E-state index in [0.29, 0.717) is 16.8 Å². The summed E-state index contributed by atoms with van der Waals surface area (Å²) in [4.78, 5) is 13.0. The van der Waals surface area contributed by atoms with E-state index in [4.69, 9.17) is 11.6 Å². The Bertz CT molecular complexity index is 915. The summed E-state index contributed by atoms with van der Waals surface area (Å²) in [5.74, 6) is 1.05. The lowest BCUT2D eigenvalue weighted by Crippen LogP contribution is -2.02. The van der Waals surface area contributed by atoms with Crippen LogP contribution >= 0.6 is 34.2 Å². The molecule has 2 aromatic heterocycles. The Kier molecular flexibility index (Phi) is 4.24. The Labute approximate surface area is 158 Å². The zero-order valence-corrected chi connectivity index (χ0v) is 15.5. The quantitative estimate of drug-likeness (QED) is 0.487. The zero-order chi connectivity index (χ0) is 16.5. The molecular formula is C17H13ClIN5. The van der Waals surface area contributed by atoms with Crippen molar-refractivity contribution in [3.8, 4) is 0 Å². The molecule has 5 nitrogen and oxygen atoms in total. The molecule has 6 bridgehead atoms. The highest BCUT2D eigenvalue weighted by molar-refractivity contribution is 14.1. The van der Waals surface area contributed by atoms with Gasteiger partial charge in [-0.15, -0.1) is 0 Å². The van der Waals surface area contributed by atoms with E-state index >= 15 is 0 Å². The summed E-state index contributed by atoms with van der Waals surface area (Å²) < 4.78 is 1.24. The van der Waals surface area contributed by atoms with Crippen LogP contribution in [0.2, 0.25) is 5.02 Å². The number of halogens is 2. The summed E-state index contributed by atoms with van der Waals surface area (Å²) in [6, 6.07) is 8.34. The van der Waals surface area contributed by atoms with Crippen molar-refractivity contribution in [2.75, 3.05) is 10.6 Å². The van der Waals surface area contributed by atoms with Crippen LogP contribution in [-0.4, -0.2) is 15.0 Å². The van der Waals surface area contributed by atoms with E-state index in [1.54, 1.807) is 12.4 Å². The highest BCUT2D eigenvalue weighted by atomic mass is 127. The van der Waals surface area contributed by atoms with Crippen molar-refractivity contribution in [3.05, 3.63) is 62.6 Å². The maximum atomic E-state index is 6.24. The van der Waals surface area contributed by atoms with Crippen molar-refractivity contribution in [1.29, 1.82) is 0 Å². The molecule has 3 aromatic rings. The van der Waals surface area contributed by atoms with Gasteiger partial charge in [0.2, 0.25) is 5.95 Å². The van der Waals surface area contributed by atoms with E-state index in [2.05, 4.69) is 66.4 Å². The first kappa shape index (κ1) is 15.6. The lowest BCUT2D eigenvalue weighted by atomic mass is 10.0. The minimum absolute atomic E-state index is 0.474. The second-order valence-corrected chi connectivity index (χ2v) is 7.10. The van der Waals surface area contributed by atoms with Crippen LogP contribution in [-0.2, 0) is 12.8 Å². The summed E-state index contributed by atoms with van der Waals surface area (Å²) in [6.07, 6.45) is 7.10. The number of anilines is 4. The number of hydrogen-bond donors (Lipinski definition) is 2. The number of fused-ring (bicyclic) bond motifs is 6. The molecule has 0 unspecified atom stereocenters.